The predicted octanol–water partition coefficient (Wildman–Crippen LogP) is 12.0. The summed E-state index contributed by atoms with van der Waals surface area (Å²) < 4.78 is 6.00. The second-order valence-electron chi connectivity index (χ2n) is 11.4. The van der Waals surface area contributed by atoms with Crippen LogP contribution in [0.2, 0.25) is 0 Å². The molecule has 0 bridgehead atoms. The number of rotatable bonds is 23. The van der Waals surface area contributed by atoms with E-state index in [0.29, 0.717) is 0 Å². The molecule has 0 amide bonds. The van der Waals surface area contributed by atoms with Crippen LogP contribution in [0.5, 0.6) is 5.75 Å². The standard InChI is InChI=1S/C36H58O/c1-4-6-7-8-9-10-11-12-13-14-15-16-17-18-19-20-31-37-36-29-27-35(28-30-36)34-25-23-33(24-26-34)22-21-32(3)5-2/h23-30,32H,4-22,31H2,1-3H3/t32-/m0/s1. The number of ether oxygens (including phenoxy) is 1. The Kier molecular flexibility index (Phi) is 18.0. The van der Waals surface area contributed by atoms with E-state index in [0.717, 1.165) is 24.7 Å². The van der Waals surface area contributed by atoms with Gasteiger partial charge in [0.15, 0.2) is 0 Å². The Balaban J connectivity index is 1.44. The zero-order valence-corrected chi connectivity index (χ0v) is 24.7. The lowest BCUT2D eigenvalue weighted by Gasteiger charge is -2.10. The van der Waals surface area contributed by atoms with Crippen LogP contribution in [0.15, 0.2) is 48.5 Å². The van der Waals surface area contributed by atoms with Gasteiger partial charge in [0, 0.05) is 0 Å². The first-order valence-corrected chi connectivity index (χ1v) is 16.0. The van der Waals surface area contributed by atoms with Crippen molar-refractivity contribution in [3.8, 4) is 16.9 Å². The van der Waals surface area contributed by atoms with E-state index in [9.17, 15) is 0 Å². The molecule has 0 aliphatic carbocycles. The van der Waals surface area contributed by atoms with Gasteiger partial charge < -0.3 is 4.74 Å². The molecule has 2 rings (SSSR count). The van der Waals surface area contributed by atoms with Crippen LogP contribution in [0.3, 0.4) is 0 Å². The molecule has 0 aliphatic heterocycles. The van der Waals surface area contributed by atoms with E-state index in [1.165, 1.54) is 132 Å². The zero-order chi connectivity index (χ0) is 26.4. The maximum Gasteiger partial charge on any atom is 0.119 e. The molecule has 0 aromatic heterocycles. The van der Waals surface area contributed by atoms with E-state index in [-0.39, 0.29) is 0 Å². The monoisotopic (exact) mass is 506 g/mol. The van der Waals surface area contributed by atoms with Crippen molar-refractivity contribution in [1.82, 2.24) is 0 Å². The lowest BCUT2D eigenvalue weighted by Crippen LogP contribution is -1.97. The van der Waals surface area contributed by atoms with E-state index < -0.39 is 0 Å². The van der Waals surface area contributed by atoms with Crippen LogP contribution in [0, 0.1) is 5.92 Å². The SMILES string of the molecule is CCCCCCCCCCCCCCCCCCOc1ccc(-c2ccc(CC[C@@H](C)CC)cc2)cc1. The molecule has 0 saturated carbocycles. The highest BCUT2D eigenvalue weighted by atomic mass is 16.5. The summed E-state index contributed by atoms with van der Waals surface area (Å²) in [6, 6.07) is 17.7. The van der Waals surface area contributed by atoms with Gasteiger partial charge in [0.2, 0.25) is 0 Å². The van der Waals surface area contributed by atoms with Gasteiger partial charge in [0.25, 0.3) is 0 Å². The number of aryl methyl sites for hydroxylation is 1. The van der Waals surface area contributed by atoms with Crippen molar-refractivity contribution in [1.29, 1.82) is 0 Å². The number of benzene rings is 2. The highest BCUT2D eigenvalue weighted by Gasteiger charge is 2.03. The molecule has 0 aliphatic rings. The minimum Gasteiger partial charge on any atom is -0.494 e. The minimum absolute atomic E-state index is 0.812. The molecular formula is C36H58O. The smallest absolute Gasteiger partial charge is 0.119 e. The molecule has 0 fully saturated rings. The van der Waals surface area contributed by atoms with Gasteiger partial charge in [-0.3, -0.25) is 0 Å². The molecule has 0 N–H and O–H groups in total. The molecule has 0 radical (unpaired) electrons. The van der Waals surface area contributed by atoms with Gasteiger partial charge in [-0.25, -0.2) is 0 Å². The minimum atomic E-state index is 0.812. The maximum atomic E-state index is 6.00. The summed E-state index contributed by atoms with van der Waals surface area (Å²) >= 11 is 0. The summed E-state index contributed by atoms with van der Waals surface area (Å²) in [5.74, 6) is 1.81. The van der Waals surface area contributed by atoms with Crippen LogP contribution in [-0.2, 0) is 6.42 Å². The number of unbranched alkanes of at least 4 members (excludes halogenated alkanes) is 15. The summed E-state index contributed by atoms with van der Waals surface area (Å²) in [6.07, 6.45) is 26.2. The molecule has 2 aromatic rings. The Morgan fingerprint density at radius 1 is 0.541 bits per heavy atom. The van der Waals surface area contributed by atoms with Gasteiger partial charge in [-0.1, -0.05) is 160 Å². The van der Waals surface area contributed by atoms with Gasteiger partial charge in [0.05, 0.1) is 6.61 Å². The molecule has 208 valence electrons. The third-order valence-electron chi connectivity index (χ3n) is 8.03. The van der Waals surface area contributed by atoms with Crippen molar-refractivity contribution in [2.45, 2.75) is 143 Å². The highest BCUT2D eigenvalue weighted by Crippen LogP contribution is 2.24. The normalized spacial score (nSPS) is 12.1. The summed E-state index contributed by atoms with van der Waals surface area (Å²) in [6.45, 7) is 7.76. The molecular weight excluding hydrogens is 448 g/mol. The first-order chi connectivity index (χ1) is 18.2. The molecule has 0 spiro atoms. The van der Waals surface area contributed by atoms with Gasteiger partial charge in [-0.2, -0.15) is 0 Å². The Bertz CT molecular complexity index is 760. The lowest BCUT2D eigenvalue weighted by molar-refractivity contribution is 0.304. The molecule has 37 heavy (non-hydrogen) atoms. The average molecular weight is 507 g/mol. The third kappa shape index (κ3) is 15.3. The summed E-state index contributed by atoms with van der Waals surface area (Å²) in [5, 5.41) is 0. The maximum absolute atomic E-state index is 6.00. The van der Waals surface area contributed by atoms with E-state index in [4.69, 9.17) is 4.74 Å². The van der Waals surface area contributed by atoms with Gasteiger partial charge in [-0.05, 0) is 54.0 Å². The second kappa shape index (κ2) is 21.2. The van der Waals surface area contributed by atoms with E-state index >= 15 is 0 Å². The molecule has 1 atom stereocenters. The first kappa shape index (κ1) is 31.5. The van der Waals surface area contributed by atoms with E-state index in [1.807, 2.05) is 0 Å². The number of hydrogen-bond acceptors (Lipinski definition) is 1. The van der Waals surface area contributed by atoms with Crippen molar-refractivity contribution in [2.75, 3.05) is 6.61 Å². The average Bonchev–Trinajstić information content (AvgIpc) is 2.94. The van der Waals surface area contributed by atoms with Crippen LogP contribution in [-0.4, -0.2) is 6.61 Å². The van der Waals surface area contributed by atoms with Crippen LogP contribution < -0.4 is 4.74 Å². The van der Waals surface area contributed by atoms with E-state index in [1.54, 1.807) is 0 Å². The van der Waals surface area contributed by atoms with Crippen molar-refractivity contribution in [3.63, 3.8) is 0 Å². The lowest BCUT2D eigenvalue weighted by atomic mass is 9.97. The topological polar surface area (TPSA) is 9.23 Å². The first-order valence-electron chi connectivity index (χ1n) is 16.0. The molecule has 2 aromatic carbocycles. The van der Waals surface area contributed by atoms with E-state index in [2.05, 4.69) is 69.3 Å². The quantitative estimate of drug-likeness (QED) is 0.136. The molecule has 1 heteroatoms. The largest absolute Gasteiger partial charge is 0.494 e. The van der Waals surface area contributed by atoms with Gasteiger partial charge >= 0.3 is 0 Å². The molecule has 0 unspecified atom stereocenters. The number of hydrogen-bond donors (Lipinski definition) is 0. The summed E-state index contributed by atoms with van der Waals surface area (Å²) in [5.41, 5.74) is 4.00. The zero-order valence-electron chi connectivity index (χ0n) is 24.7. The fourth-order valence-electron chi connectivity index (χ4n) is 5.06. The molecule has 1 nitrogen and oxygen atoms in total. The van der Waals surface area contributed by atoms with Crippen LogP contribution in [0.25, 0.3) is 11.1 Å². The van der Waals surface area contributed by atoms with Crippen LogP contribution in [0.4, 0.5) is 0 Å². The molecule has 0 heterocycles. The van der Waals surface area contributed by atoms with Crippen LogP contribution in [0.1, 0.15) is 142 Å². The summed E-state index contributed by atoms with van der Waals surface area (Å²) in [7, 11) is 0. The molecule has 0 saturated heterocycles. The predicted molar refractivity (Wildman–Crippen MR) is 165 cm³/mol. The van der Waals surface area contributed by atoms with Crippen molar-refractivity contribution in [2.24, 2.45) is 5.92 Å². The Morgan fingerprint density at radius 2 is 0.973 bits per heavy atom. The Morgan fingerprint density at radius 3 is 1.43 bits per heavy atom. The van der Waals surface area contributed by atoms with Gasteiger partial charge in [-0.15, -0.1) is 0 Å². The Labute approximate surface area is 230 Å². The summed E-state index contributed by atoms with van der Waals surface area (Å²) in [4.78, 5) is 0. The highest BCUT2D eigenvalue weighted by molar-refractivity contribution is 5.64. The van der Waals surface area contributed by atoms with Crippen LogP contribution >= 0.6 is 0 Å². The van der Waals surface area contributed by atoms with Crippen molar-refractivity contribution >= 4 is 0 Å². The fourth-order valence-corrected chi connectivity index (χ4v) is 5.06. The van der Waals surface area contributed by atoms with Gasteiger partial charge in [0.1, 0.15) is 5.75 Å². The fraction of sp³-hybridized carbons (Fsp3) is 0.667. The Hall–Kier alpha value is -1.76. The van der Waals surface area contributed by atoms with Crippen molar-refractivity contribution < 1.29 is 4.74 Å². The third-order valence-corrected chi connectivity index (χ3v) is 8.03. The van der Waals surface area contributed by atoms with Crippen molar-refractivity contribution in [3.05, 3.63) is 54.1 Å². The second-order valence-corrected chi connectivity index (χ2v) is 11.4.